The number of H-pyrrole nitrogens is 1. The number of hydrogen-bond donors (Lipinski definition) is 2. The molecule has 0 radical (unpaired) electrons. The smallest absolute Gasteiger partial charge is 0.176 e. The van der Waals surface area contributed by atoms with E-state index in [2.05, 4.69) is 10.2 Å². The maximum Gasteiger partial charge on any atom is 0.176 e. The summed E-state index contributed by atoms with van der Waals surface area (Å²) in [5.74, 6) is 2.35. The number of methoxy groups -OCH3 is 1. The Kier molecular flexibility index (Phi) is 6.00. The number of phenolic OH excluding ortho intramolecular Hbond substituents is 1. The summed E-state index contributed by atoms with van der Waals surface area (Å²) in [5, 5.41) is 18.5. The Hall–Kier alpha value is -3.64. The lowest BCUT2D eigenvalue weighted by Gasteiger charge is -2.11. The van der Waals surface area contributed by atoms with E-state index in [9.17, 15) is 5.11 Å². The minimum atomic E-state index is 0.0265. The van der Waals surface area contributed by atoms with Crippen LogP contribution in [0, 0.1) is 6.92 Å². The van der Waals surface area contributed by atoms with Crippen molar-refractivity contribution in [3.05, 3.63) is 83.0 Å². The Morgan fingerprint density at radius 2 is 1.77 bits per heavy atom. The van der Waals surface area contributed by atoms with Crippen LogP contribution in [0.2, 0.25) is 5.02 Å². The van der Waals surface area contributed by atoms with Gasteiger partial charge in [0.05, 0.1) is 12.8 Å². The number of aromatic nitrogens is 2. The van der Waals surface area contributed by atoms with Crippen molar-refractivity contribution in [2.24, 2.45) is 0 Å². The molecule has 1 aromatic heterocycles. The second kappa shape index (κ2) is 9.02. The number of phenols is 1. The first-order valence-electron chi connectivity index (χ1n) is 9.61. The monoisotopic (exact) mass is 436 g/mol. The third-order valence-electron chi connectivity index (χ3n) is 4.73. The van der Waals surface area contributed by atoms with E-state index >= 15 is 0 Å². The Morgan fingerprint density at radius 1 is 0.968 bits per heavy atom. The summed E-state index contributed by atoms with van der Waals surface area (Å²) >= 11 is 6.17. The van der Waals surface area contributed by atoms with E-state index in [1.807, 2.05) is 49.4 Å². The normalized spacial score (nSPS) is 10.7. The molecular formula is C24H21ClN2O4. The number of nitrogens with zero attached hydrogens (tertiary/aromatic N) is 1. The van der Waals surface area contributed by atoms with Crippen molar-refractivity contribution < 1.29 is 19.3 Å². The topological polar surface area (TPSA) is 76.6 Å². The van der Waals surface area contributed by atoms with Crippen molar-refractivity contribution in [2.45, 2.75) is 13.5 Å². The molecule has 2 N–H and O–H groups in total. The van der Waals surface area contributed by atoms with Crippen molar-refractivity contribution in [1.82, 2.24) is 10.2 Å². The van der Waals surface area contributed by atoms with Gasteiger partial charge in [0, 0.05) is 28.3 Å². The summed E-state index contributed by atoms with van der Waals surface area (Å²) in [4.78, 5) is 0. The van der Waals surface area contributed by atoms with E-state index in [0.29, 0.717) is 45.9 Å². The number of ether oxygens (including phenoxy) is 3. The summed E-state index contributed by atoms with van der Waals surface area (Å²) < 4.78 is 17.1. The van der Waals surface area contributed by atoms with E-state index in [1.54, 1.807) is 31.4 Å². The molecule has 4 aromatic rings. The number of rotatable bonds is 7. The van der Waals surface area contributed by atoms with Crippen molar-refractivity contribution in [3.8, 4) is 40.0 Å². The van der Waals surface area contributed by atoms with E-state index < -0.39 is 0 Å². The van der Waals surface area contributed by atoms with Gasteiger partial charge in [0.1, 0.15) is 35.3 Å². The fourth-order valence-corrected chi connectivity index (χ4v) is 3.28. The highest BCUT2D eigenvalue weighted by Gasteiger charge is 2.18. The van der Waals surface area contributed by atoms with Crippen LogP contribution in [0.5, 0.6) is 28.7 Å². The zero-order chi connectivity index (χ0) is 21.8. The number of hydrogen-bond acceptors (Lipinski definition) is 5. The molecule has 7 heteroatoms. The summed E-state index contributed by atoms with van der Waals surface area (Å²) in [7, 11) is 1.60. The SMILES string of the molecule is COc1cccc(Oc2c(-c3ccc(OCc4ccccc4Cl)cc3O)n[nH]c2C)c1. The van der Waals surface area contributed by atoms with Gasteiger partial charge in [0.15, 0.2) is 5.75 Å². The molecule has 0 unspecified atom stereocenters. The van der Waals surface area contributed by atoms with E-state index in [1.165, 1.54) is 0 Å². The fourth-order valence-electron chi connectivity index (χ4n) is 3.09. The van der Waals surface area contributed by atoms with Crippen LogP contribution in [-0.4, -0.2) is 22.4 Å². The molecule has 158 valence electrons. The molecule has 0 aliphatic heterocycles. The molecule has 0 atom stereocenters. The van der Waals surface area contributed by atoms with E-state index in [0.717, 1.165) is 11.3 Å². The van der Waals surface area contributed by atoms with Crippen LogP contribution in [0.1, 0.15) is 11.3 Å². The largest absolute Gasteiger partial charge is 0.507 e. The molecule has 0 aliphatic rings. The number of benzene rings is 3. The summed E-state index contributed by atoms with van der Waals surface area (Å²) in [6.07, 6.45) is 0. The molecule has 0 amide bonds. The van der Waals surface area contributed by atoms with Crippen LogP contribution in [0.3, 0.4) is 0 Å². The van der Waals surface area contributed by atoms with Gasteiger partial charge < -0.3 is 19.3 Å². The molecule has 0 saturated heterocycles. The first-order chi connectivity index (χ1) is 15.0. The predicted molar refractivity (Wildman–Crippen MR) is 119 cm³/mol. The predicted octanol–water partition coefficient (Wildman–Crippen LogP) is 6.12. The Balaban J connectivity index is 1.57. The van der Waals surface area contributed by atoms with Gasteiger partial charge in [-0.3, -0.25) is 5.10 Å². The third kappa shape index (κ3) is 4.59. The molecule has 0 aliphatic carbocycles. The lowest BCUT2D eigenvalue weighted by molar-refractivity contribution is 0.304. The van der Waals surface area contributed by atoms with Gasteiger partial charge >= 0.3 is 0 Å². The maximum atomic E-state index is 10.6. The Bertz CT molecular complexity index is 1210. The maximum absolute atomic E-state index is 10.6. The number of halogens is 1. The lowest BCUT2D eigenvalue weighted by Crippen LogP contribution is -1.96. The summed E-state index contributed by atoms with van der Waals surface area (Å²) in [6, 6.07) is 19.8. The average Bonchev–Trinajstić information content (AvgIpc) is 3.13. The minimum absolute atomic E-state index is 0.0265. The number of nitrogens with one attached hydrogen (secondary N) is 1. The molecule has 3 aromatic carbocycles. The molecule has 31 heavy (non-hydrogen) atoms. The highest BCUT2D eigenvalue weighted by molar-refractivity contribution is 6.31. The first-order valence-corrected chi connectivity index (χ1v) is 9.99. The van der Waals surface area contributed by atoms with Crippen LogP contribution in [0.4, 0.5) is 0 Å². The molecular weight excluding hydrogens is 416 g/mol. The van der Waals surface area contributed by atoms with Gasteiger partial charge in [0.25, 0.3) is 0 Å². The van der Waals surface area contributed by atoms with Crippen LogP contribution in [0.25, 0.3) is 11.3 Å². The summed E-state index contributed by atoms with van der Waals surface area (Å²) in [6.45, 7) is 2.15. The molecule has 0 saturated carbocycles. The van der Waals surface area contributed by atoms with Crippen LogP contribution < -0.4 is 14.2 Å². The van der Waals surface area contributed by atoms with Crippen LogP contribution in [-0.2, 0) is 6.61 Å². The highest BCUT2D eigenvalue weighted by atomic mass is 35.5. The van der Waals surface area contributed by atoms with Crippen LogP contribution in [0.15, 0.2) is 66.7 Å². The van der Waals surface area contributed by atoms with Gasteiger partial charge in [-0.25, -0.2) is 0 Å². The van der Waals surface area contributed by atoms with Gasteiger partial charge in [0.2, 0.25) is 0 Å². The molecule has 0 fully saturated rings. The number of aromatic hydroxyl groups is 1. The minimum Gasteiger partial charge on any atom is -0.507 e. The molecule has 1 heterocycles. The fraction of sp³-hybridized carbons (Fsp3) is 0.125. The molecule has 0 bridgehead atoms. The van der Waals surface area contributed by atoms with E-state index in [-0.39, 0.29) is 5.75 Å². The second-order valence-corrected chi connectivity index (χ2v) is 7.27. The lowest BCUT2D eigenvalue weighted by atomic mass is 10.1. The van der Waals surface area contributed by atoms with Gasteiger partial charge in [-0.05, 0) is 37.3 Å². The zero-order valence-electron chi connectivity index (χ0n) is 17.1. The highest BCUT2D eigenvalue weighted by Crippen LogP contribution is 2.40. The standard InChI is InChI=1S/C24H21ClN2O4/c1-15-24(31-19-8-5-7-17(12-19)29-2)23(27-26-15)20-11-10-18(13-22(20)28)30-14-16-6-3-4-9-21(16)25/h3-13,28H,14H2,1-2H3,(H,26,27). The number of aromatic amines is 1. The zero-order valence-corrected chi connectivity index (χ0v) is 17.8. The van der Waals surface area contributed by atoms with Crippen molar-refractivity contribution in [3.63, 3.8) is 0 Å². The van der Waals surface area contributed by atoms with Crippen molar-refractivity contribution >= 4 is 11.6 Å². The average molecular weight is 437 g/mol. The Morgan fingerprint density at radius 3 is 2.55 bits per heavy atom. The van der Waals surface area contributed by atoms with Gasteiger partial charge in [-0.15, -0.1) is 0 Å². The Labute approximate surface area is 185 Å². The van der Waals surface area contributed by atoms with Crippen molar-refractivity contribution in [2.75, 3.05) is 7.11 Å². The second-order valence-electron chi connectivity index (χ2n) is 6.87. The third-order valence-corrected chi connectivity index (χ3v) is 5.10. The van der Waals surface area contributed by atoms with Crippen molar-refractivity contribution in [1.29, 1.82) is 0 Å². The quantitative estimate of drug-likeness (QED) is 0.364. The van der Waals surface area contributed by atoms with Crippen LogP contribution >= 0.6 is 11.6 Å². The first kappa shape index (κ1) is 20.6. The van der Waals surface area contributed by atoms with Gasteiger partial charge in [-0.1, -0.05) is 35.9 Å². The molecule has 6 nitrogen and oxygen atoms in total. The van der Waals surface area contributed by atoms with E-state index in [4.69, 9.17) is 25.8 Å². The number of aryl methyl sites for hydroxylation is 1. The van der Waals surface area contributed by atoms with Gasteiger partial charge in [-0.2, -0.15) is 5.10 Å². The molecule has 0 spiro atoms. The molecule has 4 rings (SSSR count). The summed E-state index contributed by atoms with van der Waals surface area (Å²) in [5.41, 5.74) is 2.61.